The van der Waals surface area contributed by atoms with Gasteiger partial charge in [-0.15, -0.1) is 0 Å². The third-order valence-electron chi connectivity index (χ3n) is 3.10. The first kappa shape index (κ1) is 15.3. The fraction of sp³-hybridized carbons (Fsp3) is 0.250. The summed E-state index contributed by atoms with van der Waals surface area (Å²) in [6.45, 7) is 1.31. The summed E-state index contributed by atoms with van der Waals surface area (Å²) < 4.78 is 37.7. The van der Waals surface area contributed by atoms with Crippen LogP contribution in [0.3, 0.4) is 0 Å². The van der Waals surface area contributed by atoms with E-state index in [4.69, 9.17) is 9.47 Å². The summed E-state index contributed by atoms with van der Waals surface area (Å²) in [5.74, 6) is -0.483. The van der Waals surface area contributed by atoms with Gasteiger partial charge in [0, 0.05) is 11.6 Å². The van der Waals surface area contributed by atoms with Crippen molar-refractivity contribution in [1.82, 2.24) is 0 Å². The number of rotatable bonds is 5. The van der Waals surface area contributed by atoms with E-state index >= 15 is 0 Å². The zero-order valence-electron chi connectivity index (χ0n) is 11.8. The van der Waals surface area contributed by atoms with Crippen LogP contribution < -0.4 is 9.47 Å². The van der Waals surface area contributed by atoms with Crippen molar-refractivity contribution in [2.45, 2.75) is 19.6 Å². The highest BCUT2D eigenvalue weighted by atomic mass is 19.1. The smallest absolute Gasteiger partial charge is 0.132 e. The van der Waals surface area contributed by atoms with Gasteiger partial charge < -0.3 is 14.6 Å². The zero-order chi connectivity index (χ0) is 15.4. The Labute approximate surface area is 121 Å². The molecule has 1 N–H and O–H groups in total. The topological polar surface area (TPSA) is 38.7 Å². The molecule has 0 saturated heterocycles. The molecular weight excluding hydrogens is 278 g/mol. The lowest BCUT2D eigenvalue weighted by molar-refractivity contribution is 0.189. The van der Waals surface area contributed by atoms with Crippen molar-refractivity contribution in [1.29, 1.82) is 0 Å². The van der Waals surface area contributed by atoms with Crippen LogP contribution in [0.5, 0.6) is 11.5 Å². The normalized spacial score (nSPS) is 12.0. The summed E-state index contributed by atoms with van der Waals surface area (Å²) in [5, 5.41) is 9.71. The van der Waals surface area contributed by atoms with Crippen LogP contribution >= 0.6 is 0 Å². The summed E-state index contributed by atoms with van der Waals surface area (Å²) in [7, 11) is 1.50. The second-order valence-electron chi connectivity index (χ2n) is 4.57. The SMILES string of the molecule is COc1ccc([C@@H](C)O)c(OCc2c(F)cccc2F)c1. The zero-order valence-corrected chi connectivity index (χ0v) is 11.8. The van der Waals surface area contributed by atoms with E-state index in [1.165, 1.54) is 25.3 Å². The van der Waals surface area contributed by atoms with Crippen molar-refractivity contribution in [3.63, 3.8) is 0 Å². The van der Waals surface area contributed by atoms with Gasteiger partial charge in [0.2, 0.25) is 0 Å². The fourth-order valence-corrected chi connectivity index (χ4v) is 1.93. The first-order valence-electron chi connectivity index (χ1n) is 6.44. The molecule has 0 bridgehead atoms. The Kier molecular flexibility index (Phi) is 4.75. The Morgan fingerprint density at radius 1 is 1.14 bits per heavy atom. The molecule has 0 saturated carbocycles. The van der Waals surface area contributed by atoms with Gasteiger partial charge in [-0.25, -0.2) is 8.78 Å². The van der Waals surface area contributed by atoms with E-state index in [1.807, 2.05) is 0 Å². The first-order valence-corrected chi connectivity index (χ1v) is 6.44. The summed E-state index contributed by atoms with van der Waals surface area (Å²) in [6, 6.07) is 8.53. The monoisotopic (exact) mass is 294 g/mol. The Balaban J connectivity index is 2.26. The molecule has 0 fully saturated rings. The Bertz CT molecular complexity index is 607. The molecule has 2 rings (SSSR count). The van der Waals surface area contributed by atoms with E-state index in [-0.39, 0.29) is 12.2 Å². The molecule has 112 valence electrons. The van der Waals surface area contributed by atoms with Crippen molar-refractivity contribution in [2.75, 3.05) is 7.11 Å². The summed E-state index contributed by atoms with van der Waals surface area (Å²) in [6.07, 6.45) is -0.767. The summed E-state index contributed by atoms with van der Waals surface area (Å²) in [5.41, 5.74) is 0.365. The molecule has 3 nitrogen and oxygen atoms in total. The second-order valence-corrected chi connectivity index (χ2v) is 4.57. The van der Waals surface area contributed by atoms with Gasteiger partial charge in [-0.3, -0.25) is 0 Å². The summed E-state index contributed by atoms with van der Waals surface area (Å²) in [4.78, 5) is 0. The average molecular weight is 294 g/mol. The van der Waals surface area contributed by atoms with Gasteiger partial charge in [-0.2, -0.15) is 0 Å². The number of aliphatic hydroxyl groups is 1. The van der Waals surface area contributed by atoms with Crippen LogP contribution in [0, 0.1) is 11.6 Å². The van der Waals surface area contributed by atoms with Crippen LogP contribution in [0.2, 0.25) is 0 Å². The Morgan fingerprint density at radius 3 is 2.38 bits per heavy atom. The van der Waals surface area contributed by atoms with E-state index < -0.39 is 17.7 Å². The number of halogens is 2. The highest BCUT2D eigenvalue weighted by molar-refractivity contribution is 5.42. The van der Waals surface area contributed by atoms with Crippen molar-refractivity contribution >= 4 is 0 Å². The molecule has 0 amide bonds. The molecule has 1 atom stereocenters. The molecule has 0 spiro atoms. The number of methoxy groups -OCH3 is 1. The Hall–Kier alpha value is -2.14. The maximum absolute atomic E-state index is 13.6. The standard InChI is InChI=1S/C16H16F2O3/c1-10(19)12-7-6-11(20-2)8-16(12)21-9-13-14(17)4-3-5-15(13)18/h3-8,10,19H,9H2,1-2H3/t10-/m1/s1. The number of ether oxygens (including phenoxy) is 2. The molecule has 0 aliphatic rings. The minimum atomic E-state index is -0.767. The maximum atomic E-state index is 13.6. The molecule has 5 heteroatoms. The third kappa shape index (κ3) is 3.49. The average Bonchev–Trinajstić information content (AvgIpc) is 2.46. The number of benzene rings is 2. The highest BCUT2D eigenvalue weighted by Gasteiger charge is 2.14. The van der Waals surface area contributed by atoms with E-state index in [2.05, 4.69) is 0 Å². The fourth-order valence-electron chi connectivity index (χ4n) is 1.93. The largest absolute Gasteiger partial charge is 0.497 e. The lowest BCUT2D eigenvalue weighted by Gasteiger charge is -2.15. The Morgan fingerprint density at radius 2 is 1.81 bits per heavy atom. The molecule has 0 unspecified atom stereocenters. The van der Waals surface area contributed by atoms with Crippen LogP contribution in [0.25, 0.3) is 0 Å². The van der Waals surface area contributed by atoms with Crippen molar-refractivity contribution in [3.05, 3.63) is 59.2 Å². The molecule has 0 aliphatic heterocycles. The predicted molar refractivity (Wildman–Crippen MR) is 74.3 cm³/mol. The molecule has 2 aromatic carbocycles. The first-order chi connectivity index (χ1) is 10.0. The molecule has 21 heavy (non-hydrogen) atoms. The van der Waals surface area contributed by atoms with E-state index in [0.717, 1.165) is 0 Å². The lowest BCUT2D eigenvalue weighted by Crippen LogP contribution is -2.05. The second kappa shape index (κ2) is 6.54. The van der Waals surface area contributed by atoms with Crippen LogP contribution in [0.1, 0.15) is 24.2 Å². The van der Waals surface area contributed by atoms with E-state index in [9.17, 15) is 13.9 Å². The van der Waals surface area contributed by atoms with Gasteiger partial charge in [-0.1, -0.05) is 6.07 Å². The molecule has 0 aromatic heterocycles. The molecular formula is C16H16F2O3. The van der Waals surface area contributed by atoms with E-state index in [1.54, 1.807) is 25.1 Å². The van der Waals surface area contributed by atoms with Crippen molar-refractivity contribution in [3.8, 4) is 11.5 Å². The van der Waals surface area contributed by atoms with Gasteiger partial charge in [0.05, 0.1) is 18.8 Å². The van der Waals surface area contributed by atoms with Crippen molar-refractivity contribution < 1.29 is 23.4 Å². The maximum Gasteiger partial charge on any atom is 0.132 e. The highest BCUT2D eigenvalue weighted by Crippen LogP contribution is 2.30. The quantitative estimate of drug-likeness (QED) is 0.915. The molecule has 0 radical (unpaired) electrons. The third-order valence-corrected chi connectivity index (χ3v) is 3.10. The van der Waals surface area contributed by atoms with Crippen LogP contribution in [0.4, 0.5) is 8.78 Å². The van der Waals surface area contributed by atoms with E-state index in [0.29, 0.717) is 17.1 Å². The van der Waals surface area contributed by atoms with Crippen LogP contribution in [0.15, 0.2) is 36.4 Å². The predicted octanol–water partition coefficient (Wildman–Crippen LogP) is 3.61. The van der Waals surface area contributed by atoms with Gasteiger partial charge in [0.25, 0.3) is 0 Å². The molecule has 2 aromatic rings. The van der Waals surface area contributed by atoms with Crippen LogP contribution in [-0.2, 0) is 6.61 Å². The van der Waals surface area contributed by atoms with Crippen LogP contribution in [-0.4, -0.2) is 12.2 Å². The summed E-state index contributed by atoms with van der Waals surface area (Å²) >= 11 is 0. The van der Waals surface area contributed by atoms with Gasteiger partial charge in [0.1, 0.15) is 29.7 Å². The minimum Gasteiger partial charge on any atom is -0.497 e. The lowest BCUT2D eigenvalue weighted by atomic mass is 10.1. The van der Waals surface area contributed by atoms with Crippen molar-refractivity contribution in [2.24, 2.45) is 0 Å². The molecule has 0 aliphatic carbocycles. The minimum absolute atomic E-state index is 0.156. The van der Waals surface area contributed by atoms with Gasteiger partial charge >= 0.3 is 0 Å². The number of hydrogen-bond donors (Lipinski definition) is 1. The number of aliphatic hydroxyl groups excluding tert-OH is 1. The number of hydrogen-bond acceptors (Lipinski definition) is 3. The molecule has 0 heterocycles. The van der Waals surface area contributed by atoms with Gasteiger partial charge in [0.15, 0.2) is 0 Å². The van der Waals surface area contributed by atoms with Gasteiger partial charge in [-0.05, 0) is 31.2 Å².